The van der Waals surface area contributed by atoms with Crippen LogP contribution in [0.4, 0.5) is 5.82 Å². The van der Waals surface area contributed by atoms with E-state index in [1.807, 2.05) is 19.1 Å². The van der Waals surface area contributed by atoms with Gasteiger partial charge in [0.1, 0.15) is 17.9 Å². The summed E-state index contributed by atoms with van der Waals surface area (Å²) < 4.78 is 5.85. The number of nitrogens with one attached hydrogen (secondary N) is 1. The molecule has 2 aromatic rings. The Morgan fingerprint density at radius 2 is 1.90 bits per heavy atom. The van der Waals surface area contributed by atoms with Crippen LogP contribution in [0.1, 0.15) is 25.8 Å². The average Bonchev–Trinajstić information content (AvgIpc) is 2.45. The zero-order chi connectivity index (χ0) is 14.4. The summed E-state index contributed by atoms with van der Waals surface area (Å²) in [6.07, 6.45) is 3.39. The van der Waals surface area contributed by atoms with Gasteiger partial charge in [-0.2, -0.15) is 0 Å². The molecular weight excluding hydrogens is 274 g/mol. The number of anilines is 1. The molecular formula is C15H18ClN3O. The van der Waals surface area contributed by atoms with Gasteiger partial charge in [-0.15, -0.1) is 0 Å². The van der Waals surface area contributed by atoms with Crippen molar-refractivity contribution in [2.45, 2.75) is 26.7 Å². The molecule has 0 unspecified atom stereocenters. The molecule has 5 heteroatoms. The van der Waals surface area contributed by atoms with Gasteiger partial charge in [-0.3, -0.25) is 0 Å². The lowest BCUT2D eigenvalue weighted by Gasteiger charge is -2.13. The second kappa shape index (κ2) is 7.10. The molecule has 0 saturated carbocycles. The van der Waals surface area contributed by atoms with E-state index in [2.05, 4.69) is 22.2 Å². The molecule has 2 rings (SSSR count). The number of nitrogens with zero attached hydrogens (tertiary/aromatic N) is 2. The third kappa shape index (κ3) is 3.61. The van der Waals surface area contributed by atoms with Crippen molar-refractivity contribution in [2.75, 3.05) is 11.9 Å². The number of hydrogen-bond acceptors (Lipinski definition) is 4. The van der Waals surface area contributed by atoms with Gasteiger partial charge >= 0.3 is 0 Å². The number of hydrogen-bond donors (Lipinski definition) is 1. The van der Waals surface area contributed by atoms with E-state index in [0.29, 0.717) is 16.7 Å². The summed E-state index contributed by atoms with van der Waals surface area (Å²) in [7, 11) is 0. The van der Waals surface area contributed by atoms with E-state index in [1.54, 1.807) is 12.1 Å². The topological polar surface area (TPSA) is 47.0 Å². The SMILES string of the molecule is CCCc1c(NCC)ncnc1Oc1ccc(Cl)cc1. The molecule has 1 aromatic carbocycles. The monoisotopic (exact) mass is 291 g/mol. The summed E-state index contributed by atoms with van der Waals surface area (Å²) >= 11 is 5.87. The Kier molecular flexibility index (Phi) is 5.18. The van der Waals surface area contributed by atoms with Gasteiger partial charge in [-0.25, -0.2) is 9.97 Å². The summed E-state index contributed by atoms with van der Waals surface area (Å²) in [5.41, 5.74) is 1.01. The van der Waals surface area contributed by atoms with Crippen molar-refractivity contribution >= 4 is 17.4 Å². The molecule has 0 bridgehead atoms. The van der Waals surface area contributed by atoms with Crippen LogP contribution in [0, 0.1) is 0 Å². The highest BCUT2D eigenvalue weighted by Crippen LogP contribution is 2.28. The van der Waals surface area contributed by atoms with Crippen molar-refractivity contribution < 1.29 is 4.74 Å². The second-order valence-electron chi connectivity index (χ2n) is 4.34. The fraction of sp³-hybridized carbons (Fsp3) is 0.333. The highest BCUT2D eigenvalue weighted by molar-refractivity contribution is 6.30. The van der Waals surface area contributed by atoms with Gasteiger partial charge in [0.15, 0.2) is 0 Å². The van der Waals surface area contributed by atoms with Gasteiger partial charge in [0.25, 0.3) is 0 Å². The molecule has 0 aliphatic carbocycles. The second-order valence-corrected chi connectivity index (χ2v) is 4.78. The first kappa shape index (κ1) is 14.6. The maximum Gasteiger partial charge on any atom is 0.227 e. The highest BCUT2D eigenvalue weighted by atomic mass is 35.5. The molecule has 0 fully saturated rings. The molecule has 0 aliphatic rings. The Balaban J connectivity index is 2.29. The van der Waals surface area contributed by atoms with Crippen molar-refractivity contribution in [3.63, 3.8) is 0 Å². The number of aromatic nitrogens is 2. The molecule has 0 atom stereocenters. The minimum atomic E-state index is 0.597. The Labute approximate surface area is 124 Å². The summed E-state index contributed by atoms with van der Waals surface area (Å²) in [6.45, 7) is 4.97. The lowest BCUT2D eigenvalue weighted by Crippen LogP contribution is -2.06. The average molecular weight is 292 g/mol. The van der Waals surface area contributed by atoms with Gasteiger partial charge in [-0.05, 0) is 37.6 Å². The van der Waals surface area contributed by atoms with Crippen LogP contribution in [0.2, 0.25) is 5.02 Å². The summed E-state index contributed by atoms with van der Waals surface area (Å²) in [4.78, 5) is 8.53. The summed E-state index contributed by atoms with van der Waals surface area (Å²) in [6, 6.07) is 7.24. The Morgan fingerprint density at radius 1 is 1.15 bits per heavy atom. The Hall–Kier alpha value is -1.81. The van der Waals surface area contributed by atoms with Gasteiger partial charge in [0, 0.05) is 11.6 Å². The zero-order valence-electron chi connectivity index (χ0n) is 11.7. The number of rotatable bonds is 6. The van der Waals surface area contributed by atoms with E-state index in [-0.39, 0.29) is 0 Å². The molecule has 0 amide bonds. The molecule has 1 aromatic heterocycles. The van der Waals surface area contributed by atoms with Crippen molar-refractivity contribution in [1.82, 2.24) is 9.97 Å². The molecule has 1 N–H and O–H groups in total. The van der Waals surface area contributed by atoms with Crippen LogP contribution in [0.15, 0.2) is 30.6 Å². The van der Waals surface area contributed by atoms with Crippen LogP contribution in [-0.2, 0) is 6.42 Å². The van der Waals surface area contributed by atoms with E-state index in [4.69, 9.17) is 16.3 Å². The maximum absolute atomic E-state index is 5.87. The molecule has 106 valence electrons. The van der Waals surface area contributed by atoms with Crippen LogP contribution in [0.25, 0.3) is 0 Å². The molecule has 0 aliphatic heterocycles. The third-order valence-corrected chi connectivity index (χ3v) is 3.03. The number of ether oxygens (including phenoxy) is 1. The van der Waals surface area contributed by atoms with Crippen molar-refractivity contribution in [3.05, 3.63) is 41.2 Å². The molecule has 20 heavy (non-hydrogen) atoms. The Morgan fingerprint density at radius 3 is 2.55 bits per heavy atom. The first-order chi connectivity index (χ1) is 9.74. The zero-order valence-corrected chi connectivity index (χ0v) is 12.4. The number of benzene rings is 1. The van der Waals surface area contributed by atoms with Crippen molar-refractivity contribution in [1.29, 1.82) is 0 Å². The van der Waals surface area contributed by atoms with Gasteiger partial charge in [0.05, 0.1) is 5.56 Å². The van der Waals surface area contributed by atoms with Gasteiger partial charge in [0.2, 0.25) is 5.88 Å². The molecule has 1 heterocycles. The third-order valence-electron chi connectivity index (χ3n) is 2.78. The fourth-order valence-electron chi connectivity index (χ4n) is 1.89. The smallest absolute Gasteiger partial charge is 0.227 e. The van der Waals surface area contributed by atoms with Gasteiger partial charge < -0.3 is 10.1 Å². The summed E-state index contributed by atoms with van der Waals surface area (Å²) in [5, 5.41) is 3.93. The Bertz CT molecular complexity index is 558. The molecule has 0 saturated heterocycles. The van der Waals surface area contributed by atoms with Crippen LogP contribution in [-0.4, -0.2) is 16.5 Å². The van der Waals surface area contributed by atoms with Crippen LogP contribution in [0.3, 0.4) is 0 Å². The summed E-state index contributed by atoms with van der Waals surface area (Å²) in [5.74, 6) is 2.15. The fourth-order valence-corrected chi connectivity index (χ4v) is 2.02. The molecule has 4 nitrogen and oxygen atoms in total. The first-order valence-electron chi connectivity index (χ1n) is 6.75. The predicted molar refractivity (Wildman–Crippen MR) is 81.7 cm³/mol. The van der Waals surface area contributed by atoms with E-state index >= 15 is 0 Å². The lowest BCUT2D eigenvalue weighted by atomic mass is 10.1. The normalized spacial score (nSPS) is 10.3. The van der Waals surface area contributed by atoms with E-state index in [1.165, 1.54) is 6.33 Å². The highest BCUT2D eigenvalue weighted by Gasteiger charge is 2.12. The maximum atomic E-state index is 5.87. The quantitative estimate of drug-likeness (QED) is 0.861. The van der Waals surface area contributed by atoms with E-state index in [0.717, 1.165) is 30.8 Å². The number of halogens is 1. The predicted octanol–water partition coefficient (Wildman–Crippen LogP) is 4.31. The standard InChI is InChI=1S/C15H18ClN3O/c1-3-5-13-14(17-4-2)18-10-19-15(13)20-12-8-6-11(16)7-9-12/h6-10H,3-5H2,1-2H3,(H,17,18,19). The van der Waals surface area contributed by atoms with Crippen LogP contribution < -0.4 is 10.1 Å². The van der Waals surface area contributed by atoms with Gasteiger partial charge in [-0.1, -0.05) is 24.9 Å². The largest absolute Gasteiger partial charge is 0.439 e. The van der Waals surface area contributed by atoms with Crippen molar-refractivity contribution in [2.24, 2.45) is 0 Å². The first-order valence-corrected chi connectivity index (χ1v) is 7.13. The van der Waals surface area contributed by atoms with Crippen LogP contribution in [0.5, 0.6) is 11.6 Å². The van der Waals surface area contributed by atoms with Crippen LogP contribution >= 0.6 is 11.6 Å². The minimum Gasteiger partial charge on any atom is -0.439 e. The van der Waals surface area contributed by atoms with Crippen molar-refractivity contribution in [3.8, 4) is 11.6 Å². The molecule has 0 radical (unpaired) electrons. The lowest BCUT2D eigenvalue weighted by molar-refractivity contribution is 0.454. The van der Waals surface area contributed by atoms with E-state index in [9.17, 15) is 0 Å². The minimum absolute atomic E-state index is 0.597. The van der Waals surface area contributed by atoms with E-state index < -0.39 is 0 Å². The molecule has 0 spiro atoms.